The van der Waals surface area contributed by atoms with Crippen molar-refractivity contribution in [2.24, 2.45) is 0 Å². The first-order valence-electron chi connectivity index (χ1n) is 10.00. The van der Waals surface area contributed by atoms with Gasteiger partial charge in [-0.25, -0.2) is 14.2 Å². The number of pyridine rings is 1. The minimum atomic E-state index is -1.73. The summed E-state index contributed by atoms with van der Waals surface area (Å²) in [5, 5.41) is 23.5. The van der Waals surface area contributed by atoms with Gasteiger partial charge in [-0.1, -0.05) is 42.5 Å². The molecule has 1 heterocycles. The van der Waals surface area contributed by atoms with Crippen molar-refractivity contribution in [2.45, 2.75) is 18.8 Å². The first-order chi connectivity index (χ1) is 15.5. The van der Waals surface area contributed by atoms with Crippen LogP contribution in [0.4, 0.5) is 10.1 Å². The first-order valence-corrected chi connectivity index (χ1v) is 10.00. The maximum Gasteiger partial charge on any atom is 0.335 e. The van der Waals surface area contributed by atoms with Crippen molar-refractivity contribution in [1.29, 1.82) is 0 Å². The third-order valence-corrected chi connectivity index (χ3v) is 5.00. The fourth-order valence-corrected chi connectivity index (χ4v) is 3.36. The Morgan fingerprint density at radius 3 is 2.56 bits per heavy atom. The highest BCUT2D eigenvalue weighted by molar-refractivity contribution is 5.78. The number of carbonyl (C=O) groups is 1. The van der Waals surface area contributed by atoms with Gasteiger partial charge in [-0.15, -0.1) is 0 Å². The second-order valence-electron chi connectivity index (χ2n) is 7.27. The van der Waals surface area contributed by atoms with Gasteiger partial charge in [0.25, 0.3) is 0 Å². The van der Waals surface area contributed by atoms with Gasteiger partial charge in [0, 0.05) is 17.1 Å². The highest BCUT2D eigenvalue weighted by Crippen LogP contribution is 2.26. The fourth-order valence-electron chi connectivity index (χ4n) is 3.36. The van der Waals surface area contributed by atoms with Crippen LogP contribution in [0.1, 0.15) is 17.3 Å². The Morgan fingerprint density at radius 2 is 1.78 bits per heavy atom. The Morgan fingerprint density at radius 1 is 1.00 bits per heavy atom. The number of aliphatic hydroxyl groups is 1. The summed E-state index contributed by atoms with van der Waals surface area (Å²) in [5.74, 6) is -1.29. The molecule has 0 bridgehead atoms. The summed E-state index contributed by atoms with van der Waals surface area (Å²) in [6.07, 6.45) is -1.73. The van der Waals surface area contributed by atoms with Crippen LogP contribution in [0.2, 0.25) is 0 Å². The van der Waals surface area contributed by atoms with Crippen LogP contribution in [-0.4, -0.2) is 27.3 Å². The summed E-state index contributed by atoms with van der Waals surface area (Å²) in [5.41, 5.74) is 2.64. The normalized spacial score (nSPS) is 12.8. The molecule has 6 nitrogen and oxygen atoms in total. The average molecular weight is 432 g/mol. The van der Waals surface area contributed by atoms with Gasteiger partial charge in [0.2, 0.25) is 0 Å². The van der Waals surface area contributed by atoms with Crippen molar-refractivity contribution in [3.63, 3.8) is 0 Å². The third kappa shape index (κ3) is 5.01. The van der Waals surface area contributed by atoms with Gasteiger partial charge in [-0.3, -0.25) is 0 Å². The van der Waals surface area contributed by atoms with Crippen LogP contribution >= 0.6 is 0 Å². The van der Waals surface area contributed by atoms with E-state index in [9.17, 15) is 19.4 Å². The summed E-state index contributed by atoms with van der Waals surface area (Å²) in [4.78, 5) is 16.0. The van der Waals surface area contributed by atoms with E-state index in [0.717, 1.165) is 16.6 Å². The number of nitrogens with zero attached hydrogens (tertiary/aromatic N) is 1. The number of aromatic nitrogens is 1. The van der Waals surface area contributed by atoms with Gasteiger partial charge in [-0.2, -0.15) is 0 Å². The van der Waals surface area contributed by atoms with Crippen LogP contribution in [0, 0.1) is 5.82 Å². The predicted molar refractivity (Wildman–Crippen MR) is 119 cm³/mol. The standard InChI is InChI=1S/C25H21FN2O4/c26-18-11-8-17(9-12-18)23(24(29)25(30)31)28-19-5-3-6-21(14-19)32-15-20-13-10-16-4-1-2-7-22(16)27-20/h1-14,23-24,28-29H,15H2,(H,30,31)/t23-,24-/m0/s1. The Bertz CT molecular complexity index is 1230. The number of halogens is 1. The third-order valence-electron chi connectivity index (χ3n) is 5.00. The summed E-state index contributed by atoms with van der Waals surface area (Å²) >= 11 is 0. The second kappa shape index (κ2) is 9.45. The number of nitrogens with one attached hydrogen (secondary N) is 1. The van der Waals surface area contributed by atoms with E-state index in [1.807, 2.05) is 36.4 Å². The van der Waals surface area contributed by atoms with E-state index in [-0.39, 0.29) is 6.61 Å². The fraction of sp³-hybridized carbons (Fsp3) is 0.120. The lowest BCUT2D eigenvalue weighted by molar-refractivity contribution is -0.147. The number of para-hydroxylation sites is 1. The second-order valence-corrected chi connectivity index (χ2v) is 7.27. The summed E-state index contributed by atoms with van der Waals surface area (Å²) < 4.78 is 19.1. The highest BCUT2D eigenvalue weighted by Gasteiger charge is 2.27. The molecule has 0 spiro atoms. The molecule has 0 unspecified atom stereocenters. The number of aliphatic carboxylic acids is 1. The lowest BCUT2D eigenvalue weighted by Gasteiger charge is -2.23. The van der Waals surface area contributed by atoms with E-state index in [4.69, 9.17) is 4.74 Å². The Balaban J connectivity index is 1.50. The van der Waals surface area contributed by atoms with Crippen molar-refractivity contribution in [1.82, 2.24) is 4.98 Å². The summed E-state index contributed by atoms with van der Waals surface area (Å²) in [6, 6.07) is 23.0. The van der Waals surface area contributed by atoms with Gasteiger partial charge in [0.05, 0.1) is 17.3 Å². The predicted octanol–water partition coefficient (Wildman–Crippen LogP) is 4.55. The molecule has 2 atom stereocenters. The van der Waals surface area contributed by atoms with Crippen molar-refractivity contribution in [3.8, 4) is 5.75 Å². The molecule has 1 aromatic heterocycles. The number of fused-ring (bicyclic) bond motifs is 1. The van der Waals surface area contributed by atoms with E-state index in [0.29, 0.717) is 17.0 Å². The summed E-state index contributed by atoms with van der Waals surface area (Å²) in [6.45, 7) is 0.257. The number of ether oxygens (including phenoxy) is 1. The smallest absolute Gasteiger partial charge is 0.335 e. The Kier molecular flexibility index (Phi) is 6.28. The van der Waals surface area contributed by atoms with Crippen molar-refractivity contribution >= 4 is 22.6 Å². The van der Waals surface area contributed by atoms with E-state index in [1.54, 1.807) is 24.3 Å². The molecular formula is C25H21FN2O4. The monoisotopic (exact) mass is 432 g/mol. The number of aliphatic hydroxyl groups excluding tert-OH is 1. The Hall–Kier alpha value is -3.97. The molecular weight excluding hydrogens is 411 g/mol. The molecule has 4 aromatic rings. The molecule has 0 saturated heterocycles. The van der Waals surface area contributed by atoms with E-state index < -0.39 is 23.9 Å². The molecule has 0 amide bonds. The van der Waals surface area contributed by atoms with Crippen LogP contribution in [0.3, 0.4) is 0 Å². The lowest BCUT2D eigenvalue weighted by Crippen LogP contribution is -2.32. The lowest BCUT2D eigenvalue weighted by atomic mass is 10.0. The highest BCUT2D eigenvalue weighted by atomic mass is 19.1. The van der Waals surface area contributed by atoms with Gasteiger partial charge in [-0.05, 0) is 42.0 Å². The first kappa shape index (κ1) is 21.3. The largest absolute Gasteiger partial charge is 0.487 e. The van der Waals surface area contributed by atoms with Gasteiger partial charge in [0.15, 0.2) is 6.10 Å². The van der Waals surface area contributed by atoms with E-state index in [1.165, 1.54) is 24.3 Å². The van der Waals surface area contributed by atoms with Crippen LogP contribution in [0.5, 0.6) is 5.75 Å². The van der Waals surface area contributed by atoms with E-state index >= 15 is 0 Å². The molecule has 3 N–H and O–H groups in total. The minimum Gasteiger partial charge on any atom is -0.487 e. The zero-order valence-electron chi connectivity index (χ0n) is 17.0. The van der Waals surface area contributed by atoms with Crippen LogP contribution in [0.15, 0.2) is 84.9 Å². The molecule has 0 fully saturated rings. The van der Waals surface area contributed by atoms with Crippen LogP contribution in [-0.2, 0) is 11.4 Å². The SMILES string of the molecule is O=C(O)[C@@H](O)[C@@H](Nc1cccc(OCc2ccc3ccccc3n2)c1)c1ccc(F)cc1. The minimum absolute atomic E-state index is 0.257. The number of anilines is 1. The topological polar surface area (TPSA) is 91.7 Å². The number of hydrogen-bond donors (Lipinski definition) is 3. The number of carboxylic acid groups (broad SMARTS) is 1. The maximum absolute atomic E-state index is 13.3. The van der Waals surface area contributed by atoms with E-state index in [2.05, 4.69) is 10.3 Å². The molecule has 32 heavy (non-hydrogen) atoms. The van der Waals surface area contributed by atoms with Gasteiger partial charge >= 0.3 is 5.97 Å². The number of benzene rings is 3. The molecule has 0 aliphatic heterocycles. The molecule has 0 aliphatic rings. The number of hydrogen-bond acceptors (Lipinski definition) is 5. The molecule has 7 heteroatoms. The number of rotatable bonds is 8. The van der Waals surface area contributed by atoms with Gasteiger partial charge < -0.3 is 20.3 Å². The van der Waals surface area contributed by atoms with Crippen LogP contribution in [0.25, 0.3) is 10.9 Å². The maximum atomic E-state index is 13.3. The molecule has 0 radical (unpaired) electrons. The van der Waals surface area contributed by atoms with Crippen molar-refractivity contribution in [3.05, 3.63) is 102 Å². The van der Waals surface area contributed by atoms with Crippen LogP contribution < -0.4 is 10.1 Å². The van der Waals surface area contributed by atoms with Crippen molar-refractivity contribution in [2.75, 3.05) is 5.32 Å². The van der Waals surface area contributed by atoms with Gasteiger partial charge in [0.1, 0.15) is 18.2 Å². The number of carboxylic acids is 1. The molecule has 0 aliphatic carbocycles. The zero-order valence-corrected chi connectivity index (χ0v) is 17.0. The average Bonchev–Trinajstić information content (AvgIpc) is 2.81. The Labute approximate surface area is 183 Å². The summed E-state index contributed by atoms with van der Waals surface area (Å²) in [7, 11) is 0. The molecule has 0 saturated carbocycles. The molecule has 162 valence electrons. The van der Waals surface area contributed by atoms with Crippen molar-refractivity contribution < 1.29 is 24.1 Å². The quantitative estimate of drug-likeness (QED) is 0.378. The molecule has 3 aromatic carbocycles. The zero-order chi connectivity index (χ0) is 22.5. The molecule has 4 rings (SSSR count).